The number of rotatable bonds is 0. The molecule has 0 saturated heterocycles. The standard InChI is InChI=1S/C17H13NO/c1-3-11-10(2)18-17-12(11)8-9-15-16(17)13-6-4-5-7-14(13)19-15/h3-9,18H,2H2,1H3/b11-3+. The molecule has 2 aromatic heterocycles. The third-order valence-electron chi connectivity index (χ3n) is 3.72. The summed E-state index contributed by atoms with van der Waals surface area (Å²) in [5.74, 6) is 0. The van der Waals surface area contributed by atoms with Gasteiger partial charge in [0.15, 0.2) is 0 Å². The van der Waals surface area contributed by atoms with Gasteiger partial charge in [-0.3, -0.25) is 0 Å². The van der Waals surface area contributed by atoms with Crippen molar-refractivity contribution in [3.05, 3.63) is 47.0 Å². The van der Waals surface area contributed by atoms with Gasteiger partial charge in [0.1, 0.15) is 11.2 Å². The van der Waals surface area contributed by atoms with Gasteiger partial charge in [0.25, 0.3) is 0 Å². The summed E-state index contributed by atoms with van der Waals surface area (Å²) < 4.78 is 5.89. The molecular formula is C17H13NO. The van der Waals surface area contributed by atoms with Gasteiger partial charge in [-0.1, -0.05) is 30.9 Å². The summed E-state index contributed by atoms with van der Waals surface area (Å²) in [4.78, 5) is 3.40. The molecule has 0 spiro atoms. The van der Waals surface area contributed by atoms with Crippen molar-refractivity contribution < 1.29 is 4.42 Å². The van der Waals surface area contributed by atoms with Crippen molar-refractivity contribution in [2.75, 3.05) is 0 Å². The van der Waals surface area contributed by atoms with Crippen molar-refractivity contribution in [2.45, 2.75) is 6.92 Å². The minimum atomic E-state index is 0.914. The topological polar surface area (TPSA) is 28.9 Å². The van der Waals surface area contributed by atoms with E-state index in [-0.39, 0.29) is 0 Å². The maximum Gasteiger partial charge on any atom is 0.137 e. The predicted molar refractivity (Wildman–Crippen MR) is 80.5 cm³/mol. The molecule has 2 aromatic carbocycles. The predicted octanol–water partition coefficient (Wildman–Crippen LogP) is 3.28. The van der Waals surface area contributed by atoms with Crippen LogP contribution in [0.3, 0.4) is 0 Å². The molecule has 0 saturated carbocycles. The Morgan fingerprint density at radius 1 is 1.05 bits per heavy atom. The Kier molecular flexibility index (Phi) is 1.93. The number of fused-ring (bicyclic) bond motifs is 5. The van der Waals surface area contributed by atoms with Gasteiger partial charge in [0.05, 0.1) is 10.9 Å². The van der Waals surface area contributed by atoms with E-state index in [4.69, 9.17) is 4.42 Å². The molecule has 0 unspecified atom stereocenters. The summed E-state index contributed by atoms with van der Waals surface area (Å²) in [6, 6.07) is 12.3. The Morgan fingerprint density at radius 2 is 1.89 bits per heavy atom. The molecule has 0 radical (unpaired) electrons. The second-order valence-corrected chi connectivity index (χ2v) is 4.77. The molecule has 2 heterocycles. The lowest BCUT2D eigenvalue weighted by atomic mass is 10.1. The number of furan rings is 1. The largest absolute Gasteiger partial charge is 0.456 e. The molecule has 0 amide bonds. The number of hydrogen-bond donors (Lipinski definition) is 1. The highest BCUT2D eigenvalue weighted by Crippen LogP contribution is 2.32. The first-order chi connectivity index (χ1) is 9.29. The molecule has 19 heavy (non-hydrogen) atoms. The number of benzene rings is 2. The van der Waals surface area contributed by atoms with Crippen LogP contribution < -0.4 is 10.6 Å². The first-order valence-electron chi connectivity index (χ1n) is 6.37. The van der Waals surface area contributed by atoms with E-state index in [0.717, 1.165) is 32.8 Å². The van der Waals surface area contributed by atoms with E-state index in [2.05, 4.69) is 29.8 Å². The molecule has 1 N–H and O–H groups in total. The zero-order chi connectivity index (χ0) is 13.0. The summed E-state index contributed by atoms with van der Waals surface area (Å²) in [6.07, 6.45) is 2.09. The maximum atomic E-state index is 5.89. The van der Waals surface area contributed by atoms with Crippen molar-refractivity contribution >= 4 is 45.5 Å². The molecule has 2 nitrogen and oxygen atoms in total. The Bertz CT molecular complexity index is 1030. The van der Waals surface area contributed by atoms with Crippen LogP contribution in [0.1, 0.15) is 6.92 Å². The number of nitrogens with one attached hydrogen (secondary N) is 1. The van der Waals surface area contributed by atoms with Crippen molar-refractivity contribution in [1.29, 1.82) is 0 Å². The SMILES string of the molecule is C=c1[nH]c2c(ccc3oc4ccccc4c32)/c1=C/C. The van der Waals surface area contributed by atoms with Crippen LogP contribution in [0.2, 0.25) is 0 Å². The van der Waals surface area contributed by atoms with Crippen LogP contribution in [-0.4, -0.2) is 4.98 Å². The summed E-state index contributed by atoms with van der Waals surface area (Å²) >= 11 is 0. The van der Waals surface area contributed by atoms with Gasteiger partial charge in [0, 0.05) is 21.3 Å². The molecule has 0 aliphatic heterocycles. The lowest BCUT2D eigenvalue weighted by molar-refractivity contribution is 0.669. The smallest absolute Gasteiger partial charge is 0.137 e. The normalized spacial score (nSPS) is 13.0. The van der Waals surface area contributed by atoms with Crippen molar-refractivity contribution in [3.8, 4) is 0 Å². The molecule has 4 rings (SSSR count). The van der Waals surface area contributed by atoms with Gasteiger partial charge in [-0.2, -0.15) is 0 Å². The van der Waals surface area contributed by atoms with E-state index in [0.29, 0.717) is 0 Å². The van der Waals surface area contributed by atoms with Gasteiger partial charge in [-0.15, -0.1) is 0 Å². The summed E-state index contributed by atoms with van der Waals surface area (Å²) in [5.41, 5.74) is 2.95. The Labute approximate surface area is 109 Å². The van der Waals surface area contributed by atoms with Gasteiger partial charge in [0.2, 0.25) is 0 Å². The number of H-pyrrole nitrogens is 1. The number of aromatic amines is 1. The Hall–Kier alpha value is -2.48. The monoisotopic (exact) mass is 247 g/mol. The molecule has 92 valence electrons. The minimum Gasteiger partial charge on any atom is -0.456 e. The fraction of sp³-hybridized carbons (Fsp3) is 0.0588. The van der Waals surface area contributed by atoms with Gasteiger partial charge in [-0.25, -0.2) is 0 Å². The van der Waals surface area contributed by atoms with Crippen LogP contribution in [0.25, 0.3) is 45.5 Å². The van der Waals surface area contributed by atoms with E-state index in [9.17, 15) is 0 Å². The lowest BCUT2D eigenvalue weighted by Gasteiger charge is -1.92. The molecule has 0 bridgehead atoms. The highest BCUT2D eigenvalue weighted by atomic mass is 16.3. The molecule has 0 aliphatic rings. The average molecular weight is 247 g/mol. The summed E-state index contributed by atoms with van der Waals surface area (Å²) in [5, 5.41) is 5.61. The first kappa shape index (κ1) is 10.4. The zero-order valence-electron chi connectivity index (χ0n) is 10.7. The fourth-order valence-electron chi connectivity index (χ4n) is 2.88. The van der Waals surface area contributed by atoms with Gasteiger partial charge in [-0.05, 0) is 25.1 Å². The maximum absolute atomic E-state index is 5.89. The van der Waals surface area contributed by atoms with Crippen LogP contribution >= 0.6 is 0 Å². The van der Waals surface area contributed by atoms with Crippen LogP contribution in [0, 0.1) is 0 Å². The van der Waals surface area contributed by atoms with Crippen molar-refractivity contribution in [2.24, 2.45) is 0 Å². The quantitative estimate of drug-likeness (QED) is 0.507. The summed E-state index contributed by atoms with van der Waals surface area (Å²) in [7, 11) is 0. The Balaban J connectivity index is 2.41. The molecule has 0 aliphatic carbocycles. The average Bonchev–Trinajstić information content (AvgIpc) is 2.94. The third kappa shape index (κ3) is 1.26. The second kappa shape index (κ2) is 3.51. The minimum absolute atomic E-state index is 0.914. The van der Waals surface area contributed by atoms with E-state index in [1.165, 1.54) is 10.6 Å². The number of aromatic nitrogens is 1. The Morgan fingerprint density at radius 3 is 2.74 bits per heavy atom. The lowest BCUT2D eigenvalue weighted by Crippen LogP contribution is -2.19. The van der Waals surface area contributed by atoms with Crippen LogP contribution in [-0.2, 0) is 0 Å². The van der Waals surface area contributed by atoms with Crippen molar-refractivity contribution in [3.63, 3.8) is 0 Å². The van der Waals surface area contributed by atoms with Gasteiger partial charge < -0.3 is 9.40 Å². The molecule has 2 heteroatoms. The number of para-hydroxylation sites is 1. The van der Waals surface area contributed by atoms with E-state index >= 15 is 0 Å². The first-order valence-corrected chi connectivity index (χ1v) is 6.37. The zero-order valence-corrected chi connectivity index (χ0v) is 10.7. The van der Waals surface area contributed by atoms with E-state index in [1.807, 2.05) is 31.2 Å². The summed E-state index contributed by atoms with van der Waals surface area (Å²) in [6.45, 7) is 6.12. The second-order valence-electron chi connectivity index (χ2n) is 4.77. The van der Waals surface area contributed by atoms with Crippen LogP contribution in [0.15, 0.2) is 40.8 Å². The molecular weight excluding hydrogens is 234 g/mol. The molecule has 4 aromatic rings. The highest BCUT2D eigenvalue weighted by Gasteiger charge is 2.11. The van der Waals surface area contributed by atoms with Crippen LogP contribution in [0.4, 0.5) is 0 Å². The fourth-order valence-corrected chi connectivity index (χ4v) is 2.88. The van der Waals surface area contributed by atoms with Crippen molar-refractivity contribution in [1.82, 2.24) is 4.98 Å². The number of hydrogen-bond acceptors (Lipinski definition) is 1. The van der Waals surface area contributed by atoms with E-state index in [1.54, 1.807) is 0 Å². The highest BCUT2D eigenvalue weighted by molar-refractivity contribution is 6.17. The van der Waals surface area contributed by atoms with Gasteiger partial charge >= 0.3 is 0 Å². The molecule has 0 fully saturated rings. The molecule has 0 atom stereocenters. The van der Waals surface area contributed by atoms with Crippen LogP contribution in [0.5, 0.6) is 0 Å². The third-order valence-corrected chi connectivity index (χ3v) is 3.72. The van der Waals surface area contributed by atoms with E-state index < -0.39 is 0 Å².